The van der Waals surface area contributed by atoms with Gasteiger partial charge >= 0.3 is 0 Å². The molecule has 0 fully saturated rings. The lowest BCUT2D eigenvalue weighted by atomic mass is 10.1. The summed E-state index contributed by atoms with van der Waals surface area (Å²) < 4.78 is 0. The Hall–Kier alpha value is -1.30. The van der Waals surface area contributed by atoms with E-state index in [2.05, 4.69) is 36.0 Å². The van der Waals surface area contributed by atoms with E-state index in [4.69, 9.17) is 0 Å². The number of allylic oxidation sites excluding steroid dienone is 2. The lowest BCUT2D eigenvalue weighted by molar-refractivity contribution is 1.62. The molecule has 0 unspecified atom stereocenters. The quantitative estimate of drug-likeness (QED) is 0.622. The Morgan fingerprint density at radius 1 is 1.31 bits per heavy atom. The minimum atomic E-state index is 1.13. The molecule has 0 aliphatic rings. The SMILES string of the molecule is C=C/C=C/c1ccc(C#SC)cc1. The van der Waals surface area contributed by atoms with Gasteiger partial charge < -0.3 is 0 Å². The van der Waals surface area contributed by atoms with Gasteiger partial charge in [0.05, 0.1) is 0 Å². The number of hydrogen-bond donors (Lipinski definition) is 0. The zero-order valence-corrected chi connectivity index (χ0v) is 8.47. The molecule has 0 amide bonds. The highest BCUT2D eigenvalue weighted by atomic mass is 32.1. The molecule has 13 heavy (non-hydrogen) atoms. The molecule has 1 rings (SSSR count). The molecule has 1 aromatic carbocycles. The van der Waals surface area contributed by atoms with E-state index in [-0.39, 0.29) is 0 Å². The third kappa shape index (κ3) is 3.29. The first kappa shape index (κ1) is 9.79. The molecule has 0 N–H and O–H groups in total. The Bertz CT molecular complexity index is 360. The third-order valence-corrected chi connectivity index (χ3v) is 2.00. The highest BCUT2D eigenvalue weighted by Gasteiger charge is 1.86. The number of rotatable bonds is 2. The Labute approximate surface area is 83.2 Å². The van der Waals surface area contributed by atoms with E-state index in [0.717, 1.165) is 5.56 Å². The van der Waals surface area contributed by atoms with Gasteiger partial charge in [-0.05, 0) is 17.7 Å². The van der Waals surface area contributed by atoms with Crippen molar-refractivity contribution >= 4 is 17.2 Å². The zero-order chi connectivity index (χ0) is 9.52. The molecular weight excluding hydrogens is 176 g/mol. The van der Waals surface area contributed by atoms with Crippen LogP contribution in [0.5, 0.6) is 0 Å². The molecule has 1 heteroatoms. The van der Waals surface area contributed by atoms with Gasteiger partial charge in [0, 0.05) is 11.8 Å². The van der Waals surface area contributed by atoms with Gasteiger partial charge in [0.15, 0.2) is 0 Å². The van der Waals surface area contributed by atoms with Crippen LogP contribution in [0.1, 0.15) is 11.1 Å². The van der Waals surface area contributed by atoms with E-state index < -0.39 is 0 Å². The van der Waals surface area contributed by atoms with E-state index in [0.29, 0.717) is 0 Å². The summed E-state index contributed by atoms with van der Waals surface area (Å²) in [6, 6.07) is 8.25. The molecule has 66 valence electrons. The van der Waals surface area contributed by atoms with Crippen molar-refractivity contribution in [2.75, 3.05) is 6.26 Å². The van der Waals surface area contributed by atoms with E-state index in [1.165, 1.54) is 5.56 Å². The minimum Gasteiger partial charge on any atom is -0.133 e. The molecule has 0 radical (unpaired) electrons. The highest BCUT2D eigenvalue weighted by Crippen LogP contribution is 2.05. The van der Waals surface area contributed by atoms with Crippen molar-refractivity contribution in [2.45, 2.75) is 0 Å². The van der Waals surface area contributed by atoms with Crippen LogP contribution in [-0.4, -0.2) is 6.26 Å². The smallest absolute Gasteiger partial charge is 0.0268 e. The summed E-state index contributed by atoms with van der Waals surface area (Å²) in [6.45, 7) is 3.62. The predicted molar refractivity (Wildman–Crippen MR) is 62.2 cm³/mol. The third-order valence-electron chi connectivity index (χ3n) is 1.56. The van der Waals surface area contributed by atoms with Gasteiger partial charge in [-0.25, -0.2) is 0 Å². The Kier molecular flexibility index (Phi) is 4.04. The van der Waals surface area contributed by atoms with E-state index in [1.807, 2.05) is 18.4 Å². The second kappa shape index (κ2) is 5.36. The summed E-state index contributed by atoms with van der Waals surface area (Å²) >= 11 is 1.59. The van der Waals surface area contributed by atoms with Crippen LogP contribution in [0.4, 0.5) is 0 Å². The molecular formula is C12H12S. The van der Waals surface area contributed by atoms with E-state index in [9.17, 15) is 0 Å². The second-order valence-electron chi connectivity index (χ2n) is 2.52. The maximum absolute atomic E-state index is 3.62. The standard InChI is InChI=1S/C12H12S/c1-3-4-5-11-6-8-12(9-7-11)10-13-2/h3-9H,1H2,2H3/b5-4+. The van der Waals surface area contributed by atoms with Crippen molar-refractivity contribution in [1.29, 1.82) is 0 Å². The van der Waals surface area contributed by atoms with Crippen LogP contribution >= 0.6 is 11.2 Å². The lowest BCUT2D eigenvalue weighted by Crippen LogP contribution is -1.73. The Balaban J connectivity index is 2.84. The van der Waals surface area contributed by atoms with Gasteiger partial charge in [-0.3, -0.25) is 0 Å². The fourth-order valence-electron chi connectivity index (χ4n) is 0.959. The monoisotopic (exact) mass is 188 g/mol. The first-order chi connectivity index (χ1) is 6.36. The summed E-state index contributed by atoms with van der Waals surface area (Å²) in [4.78, 5) is 0. The maximum atomic E-state index is 3.62. The van der Waals surface area contributed by atoms with Crippen molar-refractivity contribution in [3.8, 4) is 5.18 Å². The largest absolute Gasteiger partial charge is 0.133 e. The molecule has 0 aromatic heterocycles. The van der Waals surface area contributed by atoms with Crippen LogP contribution in [0.15, 0.2) is 43.0 Å². The average molecular weight is 188 g/mol. The molecule has 0 aliphatic heterocycles. The van der Waals surface area contributed by atoms with Crippen LogP contribution in [0.25, 0.3) is 6.08 Å². The summed E-state index contributed by atoms with van der Waals surface area (Å²) in [7, 11) is 0. The van der Waals surface area contributed by atoms with Gasteiger partial charge in [-0.1, -0.05) is 42.1 Å². The van der Waals surface area contributed by atoms with Crippen LogP contribution in [-0.2, 0) is 0 Å². The van der Waals surface area contributed by atoms with Crippen molar-refractivity contribution in [1.82, 2.24) is 0 Å². The van der Waals surface area contributed by atoms with Crippen molar-refractivity contribution in [3.05, 3.63) is 54.1 Å². The molecule has 0 bridgehead atoms. The zero-order valence-electron chi connectivity index (χ0n) is 7.66. The molecule has 0 nitrogen and oxygen atoms in total. The topological polar surface area (TPSA) is 0 Å². The molecule has 0 aliphatic carbocycles. The van der Waals surface area contributed by atoms with Crippen molar-refractivity contribution in [2.24, 2.45) is 0 Å². The van der Waals surface area contributed by atoms with Crippen LogP contribution in [0.2, 0.25) is 0 Å². The van der Waals surface area contributed by atoms with E-state index >= 15 is 0 Å². The number of benzene rings is 1. The van der Waals surface area contributed by atoms with E-state index in [1.54, 1.807) is 17.2 Å². The molecule has 0 atom stereocenters. The summed E-state index contributed by atoms with van der Waals surface area (Å²) in [5.74, 6) is 0. The highest BCUT2D eigenvalue weighted by molar-refractivity contribution is 7.88. The predicted octanol–water partition coefficient (Wildman–Crippen LogP) is 3.56. The lowest BCUT2D eigenvalue weighted by Gasteiger charge is -1.92. The van der Waals surface area contributed by atoms with Crippen LogP contribution < -0.4 is 0 Å². The van der Waals surface area contributed by atoms with Crippen LogP contribution in [0, 0.1) is 5.18 Å². The fourth-order valence-corrected chi connectivity index (χ4v) is 1.33. The second-order valence-corrected chi connectivity index (χ2v) is 3.14. The summed E-state index contributed by atoms with van der Waals surface area (Å²) in [6.07, 6.45) is 7.73. The summed E-state index contributed by atoms with van der Waals surface area (Å²) in [5.41, 5.74) is 2.31. The first-order valence-corrected chi connectivity index (χ1v) is 5.27. The molecule has 0 saturated heterocycles. The number of hydrogen-bond acceptors (Lipinski definition) is 0. The van der Waals surface area contributed by atoms with Gasteiger partial charge in [0.25, 0.3) is 0 Å². The minimum absolute atomic E-state index is 1.13. The average Bonchev–Trinajstić information content (AvgIpc) is 2.17. The van der Waals surface area contributed by atoms with Crippen LogP contribution in [0.3, 0.4) is 0 Å². The van der Waals surface area contributed by atoms with Crippen molar-refractivity contribution < 1.29 is 0 Å². The first-order valence-electron chi connectivity index (χ1n) is 4.05. The fraction of sp³-hybridized carbons (Fsp3) is 0.0833. The van der Waals surface area contributed by atoms with Gasteiger partial charge in [0.1, 0.15) is 0 Å². The van der Waals surface area contributed by atoms with Gasteiger partial charge in [-0.15, -0.1) is 11.2 Å². The molecule has 0 heterocycles. The maximum Gasteiger partial charge on any atom is 0.0268 e. The van der Waals surface area contributed by atoms with Crippen molar-refractivity contribution in [3.63, 3.8) is 0 Å². The molecule has 1 aromatic rings. The Morgan fingerprint density at radius 2 is 2.00 bits per heavy atom. The normalized spacial score (nSPS) is 9.62. The Morgan fingerprint density at radius 3 is 2.54 bits per heavy atom. The van der Waals surface area contributed by atoms with Gasteiger partial charge in [-0.2, -0.15) is 0 Å². The van der Waals surface area contributed by atoms with Gasteiger partial charge in [0.2, 0.25) is 0 Å². The summed E-state index contributed by atoms with van der Waals surface area (Å²) in [5, 5.41) is 3.16. The molecule has 0 spiro atoms. The molecule has 0 saturated carbocycles.